The minimum atomic E-state index is 0.265. The van der Waals surface area contributed by atoms with Gasteiger partial charge in [-0.3, -0.25) is 0 Å². The van der Waals surface area contributed by atoms with Crippen molar-refractivity contribution in [3.63, 3.8) is 0 Å². The third-order valence-electron chi connectivity index (χ3n) is 2.95. The van der Waals surface area contributed by atoms with Crippen LogP contribution in [0.2, 0.25) is 0 Å². The second kappa shape index (κ2) is 5.84. The van der Waals surface area contributed by atoms with Gasteiger partial charge in [0.2, 0.25) is 5.82 Å². The van der Waals surface area contributed by atoms with Gasteiger partial charge in [-0.2, -0.15) is 10.5 Å². The lowest BCUT2D eigenvalue weighted by atomic mass is 10.1. The van der Waals surface area contributed by atoms with E-state index in [1.54, 1.807) is 6.20 Å². The second-order valence-electron chi connectivity index (χ2n) is 4.37. The van der Waals surface area contributed by atoms with Crippen LogP contribution in [0.1, 0.15) is 22.5 Å². The molecule has 0 radical (unpaired) electrons. The molecule has 0 aliphatic rings. The fourth-order valence-corrected chi connectivity index (χ4v) is 2.26. The Morgan fingerprint density at radius 3 is 2.75 bits per heavy atom. The van der Waals surface area contributed by atoms with Gasteiger partial charge >= 0.3 is 0 Å². The van der Waals surface area contributed by atoms with E-state index in [0.717, 1.165) is 21.3 Å². The quantitative estimate of drug-likeness (QED) is 0.843. The molecule has 0 fully saturated rings. The van der Waals surface area contributed by atoms with Crippen LogP contribution >= 0.6 is 15.9 Å². The first kappa shape index (κ1) is 14.2. The molecule has 0 aliphatic heterocycles. The summed E-state index contributed by atoms with van der Waals surface area (Å²) in [4.78, 5) is 0. The molecule has 0 saturated heterocycles. The van der Waals surface area contributed by atoms with Gasteiger partial charge in [0.05, 0.1) is 0 Å². The molecule has 0 unspecified atom stereocenters. The molecule has 2 N–H and O–H groups in total. The van der Waals surface area contributed by atoms with E-state index in [0.29, 0.717) is 5.57 Å². The molecule has 20 heavy (non-hydrogen) atoms. The highest BCUT2D eigenvalue weighted by atomic mass is 79.9. The number of aryl methyl sites for hydroxylation is 2. The zero-order valence-corrected chi connectivity index (χ0v) is 12.9. The van der Waals surface area contributed by atoms with Crippen molar-refractivity contribution < 1.29 is 0 Å². The van der Waals surface area contributed by atoms with Gasteiger partial charge in [0.1, 0.15) is 11.6 Å². The van der Waals surface area contributed by atoms with E-state index in [9.17, 15) is 0 Å². The maximum Gasteiger partial charge on any atom is 0.216 e. The van der Waals surface area contributed by atoms with Gasteiger partial charge in [-0.1, -0.05) is 22.0 Å². The molecule has 0 saturated carbocycles. The first-order valence-corrected chi connectivity index (χ1v) is 6.70. The Bertz CT molecular complexity index is 697. The van der Waals surface area contributed by atoms with Crippen LogP contribution in [0.15, 0.2) is 16.7 Å². The number of allylic oxidation sites excluding steroid dienone is 1. The van der Waals surface area contributed by atoms with E-state index < -0.39 is 0 Å². The smallest absolute Gasteiger partial charge is 0.216 e. The van der Waals surface area contributed by atoms with Gasteiger partial charge < -0.3 is 5.32 Å². The molecule has 0 atom stereocenters. The zero-order chi connectivity index (χ0) is 14.7. The molecule has 6 nitrogen and oxygen atoms in total. The van der Waals surface area contributed by atoms with Crippen molar-refractivity contribution >= 4 is 27.2 Å². The summed E-state index contributed by atoms with van der Waals surface area (Å²) in [7, 11) is 0. The van der Waals surface area contributed by atoms with Crippen LogP contribution in [-0.2, 0) is 0 Å². The molecule has 0 bridgehead atoms. The molecular weight excluding hydrogens is 320 g/mol. The average Bonchev–Trinajstić information content (AvgIpc) is 2.94. The maximum atomic E-state index is 9.12. The van der Waals surface area contributed by atoms with Crippen molar-refractivity contribution in [3.8, 4) is 6.07 Å². The number of tetrazole rings is 1. The summed E-state index contributed by atoms with van der Waals surface area (Å²) in [6, 6.07) is 4.12. The van der Waals surface area contributed by atoms with Gasteiger partial charge in [0, 0.05) is 16.4 Å². The highest BCUT2D eigenvalue weighted by Gasteiger charge is 2.10. The number of H-pyrrole nitrogens is 1. The number of benzene rings is 1. The molecule has 0 amide bonds. The minimum absolute atomic E-state index is 0.265. The van der Waals surface area contributed by atoms with Crippen LogP contribution in [0.25, 0.3) is 5.57 Å². The zero-order valence-electron chi connectivity index (χ0n) is 11.3. The van der Waals surface area contributed by atoms with E-state index in [1.165, 1.54) is 5.56 Å². The number of anilines is 1. The Kier molecular flexibility index (Phi) is 4.15. The molecule has 2 rings (SSSR count). The Morgan fingerprint density at radius 2 is 2.15 bits per heavy atom. The molecule has 1 aromatic heterocycles. The number of hydrogen-bond donors (Lipinski definition) is 2. The van der Waals surface area contributed by atoms with Crippen LogP contribution in [-0.4, -0.2) is 20.6 Å². The molecule has 1 aromatic carbocycles. The molecule has 7 heteroatoms. The summed E-state index contributed by atoms with van der Waals surface area (Å²) < 4.78 is 1.05. The first-order chi connectivity index (χ1) is 9.54. The Hall–Kier alpha value is -2.20. The maximum absolute atomic E-state index is 9.12. The normalized spacial score (nSPS) is 11.2. The van der Waals surface area contributed by atoms with Crippen LogP contribution < -0.4 is 5.32 Å². The predicted molar refractivity (Wildman–Crippen MR) is 79.7 cm³/mol. The van der Waals surface area contributed by atoms with Crippen LogP contribution in [0.4, 0.5) is 5.69 Å². The molecular formula is C13H13BrN6. The van der Waals surface area contributed by atoms with E-state index >= 15 is 0 Å². The minimum Gasteiger partial charge on any atom is -0.360 e. The second-order valence-corrected chi connectivity index (χ2v) is 5.17. The Labute approximate surface area is 125 Å². The third kappa shape index (κ3) is 2.70. The summed E-state index contributed by atoms with van der Waals surface area (Å²) in [6.07, 6.45) is 1.59. The lowest BCUT2D eigenvalue weighted by molar-refractivity contribution is 0.881. The summed E-state index contributed by atoms with van der Waals surface area (Å²) in [6.45, 7) is 6.08. The van der Waals surface area contributed by atoms with E-state index in [4.69, 9.17) is 5.26 Å². The van der Waals surface area contributed by atoms with Gasteiger partial charge in [-0.15, -0.1) is 10.2 Å². The highest BCUT2D eigenvalue weighted by Crippen LogP contribution is 2.31. The average molecular weight is 333 g/mol. The number of aromatic amines is 1. The standard InChI is InChI=1S/C13H13BrN6/c1-7-4-8(2)12(9(3)11(7)14)16-6-10(5-15)13-17-19-20-18-13/h4,6,16H,1-3H3,(H,17,18,19,20). The first-order valence-electron chi connectivity index (χ1n) is 5.91. The number of hydrogen-bond acceptors (Lipinski definition) is 5. The third-order valence-corrected chi connectivity index (χ3v) is 4.17. The predicted octanol–water partition coefficient (Wildman–Crippen LogP) is 2.86. The Balaban J connectivity index is 2.36. The number of halogens is 1. The van der Waals surface area contributed by atoms with Crippen LogP contribution in [0, 0.1) is 32.1 Å². The molecule has 2 aromatic rings. The van der Waals surface area contributed by atoms with Crippen LogP contribution in [0.3, 0.4) is 0 Å². The molecule has 0 spiro atoms. The van der Waals surface area contributed by atoms with E-state index in [1.807, 2.05) is 26.8 Å². The van der Waals surface area contributed by atoms with Crippen molar-refractivity contribution in [2.24, 2.45) is 0 Å². The summed E-state index contributed by atoms with van der Waals surface area (Å²) >= 11 is 3.56. The van der Waals surface area contributed by atoms with Gasteiger partial charge in [0.15, 0.2) is 0 Å². The van der Waals surface area contributed by atoms with E-state index in [2.05, 4.69) is 47.9 Å². The van der Waals surface area contributed by atoms with Crippen molar-refractivity contribution in [2.75, 3.05) is 5.32 Å². The lowest BCUT2D eigenvalue weighted by Crippen LogP contribution is -1.99. The fraction of sp³-hybridized carbons (Fsp3) is 0.231. The summed E-state index contributed by atoms with van der Waals surface area (Å²) in [5, 5.41) is 25.6. The number of nitrogens with zero attached hydrogens (tertiary/aromatic N) is 4. The molecule has 1 heterocycles. The highest BCUT2D eigenvalue weighted by molar-refractivity contribution is 9.10. The van der Waals surface area contributed by atoms with Gasteiger partial charge in [-0.05, 0) is 42.7 Å². The fourth-order valence-electron chi connectivity index (χ4n) is 1.95. The number of aromatic nitrogens is 4. The van der Waals surface area contributed by atoms with Crippen molar-refractivity contribution in [3.05, 3.63) is 39.3 Å². The lowest BCUT2D eigenvalue weighted by Gasteiger charge is -2.13. The van der Waals surface area contributed by atoms with Gasteiger partial charge in [0.25, 0.3) is 0 Å². The number of nitriles is 1. The van der Waals surface area contributed by atoms with E-state index in [-0.39, 0.29) is 5.82 Å². The van der Waals surface area contributed by atoms with Crippen molar-refractivity contribution in [2.45, 2.75) is 20.8 Å². The topological polar surface area (TPSA) is 90.3 Å². The monoisotopic (exact) mass is 332 g/mol. The van der Waals surface area contributed by atoms with Gasteiger partial charge in [-0.25, -0.2) is 0 Å². The number of nitrogens with one attached hydrogen (secondary N) is 2. The summed E-state index contributed by atoms with van der Waals surface area (Å²) in [5.74, 6) is 0.265. The van der Waals surface area contributed by atoms with Crippen molar-refractivity contribution in [1.82, 2.24) is 20.6 Å². The SMILES string of the molecule is Cc1cc(C)c(NC=C(C#N)c2nn[nH]n2)c(C)c1Br. The Morgan fingerprint density at radius 1 is 1.40 bits per heavy atom. The largest absolute Gasteiger partial charge is 0.360 e. The molecule has 102 valence electrons. The van der Waals surface area contributed by atoms with Crippen LogP contribution in [0.5, 0.6) is 0 Å². The van der Waals surface area contributed by atoms with Crippen molar-refractivity contribution in [1.29, 1.82) is 5.26 Å². The summed E-state index contributed by atoms with van der Waals surface area (Å²) in [5.41, 5.74) is 4.63. The number of rotatable bonds is 3. The molecule has 0 aliphatic carbocycles.